The zero-order valence-electron chi connectivity index (χ0n) is 11.3. The summed E-state index contributed by atoms with van der Waals surface area (Å²) in [5.41, 5.74) is 0.351. The van der Waals surface area contributed by atoms with Crippen molar-refractivity contribution in [2.24, 2.45) is 0 Å². The Hall–Kier alpha value is -0.970. The summed E-state index contributed by atoms with van der Waals surface area (Å²) in [7, 11) is 0. The average molecular weight is 300 g/mol. The van der Waals surface area contributed by atoms with E-state index in [9.17, 15) is 9.18 Å². The molecule has 1 saturated heterocycles. The standard InChI is InChI=1S/C15H19ClFNO2/c16-12-1-2-15(17)11(9-12)10-13(19)5-8-20-14-3-6-18-7-4-14/h1-2,9,14,18H,3-8,10H2. The molecule has 2 rings (SSSR count). The number of Topliss-reactive ketones (excluding diaryl/α,β-unsaturated/α-hetero) is 1. The van der Waals surface area contributed by atoms with E-state index in [0.29, 0.717) is 23.6 Å². The van der Waals surface area contributed by atoms with Gasteiger partial charge in [-0.2, -0.15) is 0 Å². The number of hydrogen-bond acceptors (Lipinski definition) is 3. The molecule has 1 aliphatic rings. The number of ketones is 1. The second kappa shape index (κ2) is 7.72. The van der Waals surface area contributed by atoms with E-state index in [4.69, 9.17) is 16.3 Å². The highest BCUT2D eigenvalue weighted by atomic mass is 35.5. The molecule has 0 bridgehead atoms. The van der Waals surface area contributed by atoms with Gasteiger partial charge in [0.25, 0.3) is 0 Å². The maximum atomic E-state index is 13.5. The molecule has 110 valence electrons. The number of hydrogen-bond donors (Lipinski definition) is 1. The molecule has 0 unspecified atom stereocenters. The van der Waals surface area contributed by atoms with Crippen LogP contribution >= 0.6 is 11.6 Å². The Morgan fingerprint density at radius 2 is 2.15 bits per heavy atom. The molecule has 20 heavy (non-hydrogen) atoms. The molecule has 0 aliphatic carbocycles. The Bertz CT molecular complexity index is 461. The number of ether oxygens (including phenoxy) is 1. The van der Waals surface area contributed by atoms with Crippen LogP contribution in [0.25, 0.3) is 0 Å². The molecule has 1 aliphatic heterocycles. The van der Waals surface area contributed by atoms with Crippen molar-refractivity contribution in [1.29, 1.82) is 0 Å². The molecule has 0 spiro atoms. The van der Waals surface area contributed by atoms with Gasteiger partial charge in [-0.3, -0.25) is 4.79 Å². The van der Waals surface area contributed by atoms with Crippen LogP contribution in [0, 0.1) is 5.82 Å². The second-order valence-electron chi connectivity index (χ2n) is 5.02. The van der Waals surface area contributed by atoms with Crippen molar-refractivity contribution < 1.29 is 13.9 Å². The predicted molar refractivity (Wildman–Crippen MR) is 76.6 cm³/mol. The average Bonchev–Trinajstić information content (AvgIpc) is 2.44. The molecule has 0 aromatic heterocycles. The van der Waals surface area contributed by atoms with Gasteiger partial charge >= 0.3 is 0 Å². The topological polar surface area (TPSA) is 38.3 Å². The first-order valence-electron chi connectivity index (χ1n) is 6.93. The van der Waals surface area contributed by atoms with Crippen LogP contribution < -0.4 is 5.32 Å². The monoisotopic (exact) mass is 299 g/mol. The van der Waals surface area contributed by atoms with Gasteiger partial charge in [-0.1, -0.05) is 11.6 Å². The minimum absolute atomic E-state index is 0.0277. The summed E-state index contributed by atoms with van der Waals surface area (Å²) >= 11 is 5.80. The summed E-state index contributed by atoms with van der Waals surface area (Å²) in [4.78, 5) is 11.8. The van der Waals surface area contributed by atoms with Gasteiger partial charge in [-0.15, -0.1) is 0 Å². The highest BCUT2D eigenvalue weighted by molar-refractivity contribution is 6.30. The van der Waals surface area contributed by atoms with Crippen LogP contribution in [0.4, 0.5) is 4.39 Å². The molecule has 1 aromatic carbocycles. The van der Waals surface area contributed by atoms with Crippen LogP contribution in [-0.4, -0.2) is 31.6 Å². The molecular weight excluding hydrogens is 281 g/mol. The van der Waals surface area contributed by atoms with Crippen LogP contribution in [0.5, 0.6) is 0 Å². The molecule has 1 N–H and O–H groups in total. The second-order valence-corrected chi connectivity index (χ2v) is 5.46. The zero-order valence-corrected chi connectivity index (χ0v) is 12.1. The normalized spacial score (nSPS) is 16.3. The lowest BCUT2D eigenvalue weighted by molar-refractivity contribution is -0.120. The highest BCUT2D eigenvalue weighted by Crippen LogP contribution is 2.16. The molecule has 3 nitrogen and oxygen atoms in total. The van der Waals surface area contributed by atoms with Crippen LogP contribution in [-0.2, 0) is 16.0 Å². The number of nitrogens with one attached hydrogen (secondary N) is 1. The van der Waals surface area contributed by atoms with E-state index < -0.39 is 0 Å². The van der Waals surface area contributed by atoms with Gasteiger partial charge in [0.1, 0.15) is 11.6 Å². The summed E-state index contributed by atoms with van der Waals surface area (Å²) in [6.45, 7) is 2.34. The SMILES string of the molecule is O=C(CCOC1CCNCC1)Cc1cc(Cl)ccc1F. The van der Waals surface area contributed by atoms with E-state index in [1.54, 1.807) is 0 Å². The van der Waals surface area contributed by atoms with Crippen LogP contribution in [0.2, 0.25) is 5.02 Å². The lowest BCUT2D eigenvalue weighted by Crippen LogP contribution is -2.32. The Labute approximate surface area is 123 Å². The van der Waals surface area contributed by atoms with Gasteiger partial charge in [-0.05, 0) is 49.7 Å². The third-order valence-corrected chi connectivity index (χ3v) is 3.65. The number of carbonyl (C=O) groups is 1. The van der Waals surface area contributed by atoms with E-state index in [2.05, 4.69) is 5.32 Å². The van der Waals surface area contributed by atoms with E-state index in [1.165, 1.54) is 18.2 Å². The molecule has 0 atom stereocenters. The van der Waals surface area contributed by atoms with Gasteiger partial charge in [0.2, 0.25) is 0 Å². The van der Waals surface area contributed by atoms with Gasteiger partial charge in [0.05, 0.1) is 12.7 Å². The molecule has 0 radical (unpaired) electrons. The molecule has 1 fully saturated rings. The number of benzene rings is 1. The first-order chi connectivity index (χ1) is 9.65. The first-order valence-corrected chi connectivity index (χ1v) is 7.31. The van der Waals surface area contributed by atoms with Crippen LogP contribution in [0.1, 0.15) is 24.8 Å². The van der Waals surface area contributed by atoms with Crippen molar-refractivity contribution >= 4 is 17.4 Å². The van der Waals surface area contributed by atoms with Gasteiger partial charge in [-0.25, -0.2) is 4.39 Å². The largest absolute Gasteiger partial charge is 0.378 e. The fraction of sp³-hybridized carbons (Fsp3) is 0.533. The minimum atomic E-state index is -0.387. The van der Waals surface area contributed by atoms with Crippen molar-refractivity contribution in [3.63, 3.8) is 0 Å². The lowest BCUT2D eigenvalue weighted by Gasteiger charge is -2.22. The highest BCUT2D eigenvalue weighted by Gasteiger charge is 2.14. The van der Waals surface area contributed by atoms with Crippen LogP contribution in [0.3, 0.4) is 0 Å². The quantitative estimate of drug-likeness (QED) is 0.878. The van der Waals surface area contributed by atoms with Crippen molar-refractivity contribution in [3.05, 3.63) is 34.6 Å². The van der Waals surface area contributed by atoms with E-state index in [-0.39, 0.29) is 24.1 Å². The Balaban J connectivity index is 1.73. The summed E-state index contributed by atoms with van der Waals surface area (Å²) in [6.07, 6.45) is 2.60. The molecule has 1 heterocycles. The maximum Gasteiger partial charge on any atom is 0.139 e. The predicted octanol–water partition coefficient (Wildman–Crippen LogP) is 2.75. The summed E-state index contributed by atoms with van der Waals surface area (Å²) < 4.78 is 19.2. The fourth-order valence-corrected chi connectivity index (χ4v) is 2.48. The number of rotatable bonds is 6. The molecule has 5 heteroatoms. The summed E-state index contributed by atoms with van der Waals surface area (Å²) in [5.74, 6) is -0.415. The van der Waals surface area contributed by atoms with Crippen molar-refractivity contribution in [3.8, 4) is 0 Å². The van der Waals surface area contributed by atoms with E-state index >= 15 is 0 Å². The Morgan fingerprint density at radius 3 is 2.90 bits per heavy atom. The minimum Gasteiger partial charge on any atom is -0.378 e. The zero-order chi connectivity index (χ0) is 14.4. The smallest absolute Gasteiger partial charge is 0.139 e. The van der Waals surface area contributed by atoms with Crippen molar-refractivity contribution in [2.75, 3.05) is 19.7 Å². The fourth-order valence-electron chi connectivity index (χ4n) is 2.28. The summed E-state index contributed by atoms with van der Waals surface area (Å²) in [5, 5.41) is 3.70. The Kier molecular flexibility index (Phi) is 5.95. The molecular formula is C15H19ClFNO2. The van der Waals surface area contributed by atoms with Gasteiger partial charge in [0.15, 0.2) is 0 Å². The van der Waals surface area contributed by atoms with Crippen LogP contribution in [0.15, 0.2) is 18.2 Å². The van der Waals surface area contributed by atoms with E-state index in [0.717, 1.165) is 25.9 Å². The molecule has 1 aromatic rings. The maximum absolute atomic E-state index is 13.5. The number of halogens is 2. The van der Waals surface area contributed by atoms with Crippen molar-refractivity contribution in [2.45, 2.75) is 31.8 Å². The molecule has 0 amide bonds. The van der Waals surface area contributed by atoms with Gasteiger partial charge in [0, 0.05) is 17.9 Å². The third-order valence-electron chi connectivity index (χ3n) is 3.42. The Morgan fingerprint density at radius 1 is 1.40 bits per heavy atom. The third kappa shape index (κ3) is 4.85. The lowest BCUT2D eigenvalue weighted by atomic mass is 10.1. The van der Waals surface area contributed by atoms with E-state index in [1.807, 2.05) is 0 Å². The van der Waals surface area contributed by atoms with Gasteiger partial charge < -0.3 is 10.1 Å². The molecule has 0 saturated carbocycles. The van der Waals surface area contributed by atoms with Crippen molar-refractivity contribution in [1.82, 2.24) is 5.32 Å². The number of carbonyl (C=O) groups excluding carboxylic acids is 1. The number of piperidine rings is 1. The summed E-state index contributed by atoms with van der Waals surface area (Å²) in [6, 6.07) is 4.27. The first kappa shape index (κ1) is 15.4.